The van der Waals surface area contributed by atoms with Crippen LogP contribution >= 0.6 is 0 Å². The lowest BCUT2D eigenvalue weighted by atomic mass is 9.96. The van der Waals surface area contributed by atoms with Crippen molar-refractivity contribution in [3.05, 3.63) is 39.7 Å². The van der Waals surface area contributed by atoms with Gasteiger partial charge in [-0.05, 0) is 19.4 Å². The summed E-state index contributed by atoms with van der Waals surface area (Å²) in [4.78, 5) is 19.4. The molecule has 21 heavy (non-hydrogen) atoms. The number of dihydropyridines is 1. The van der Waals surface area contributed by atoms with E-state index in [1.54, 1.807) is 6.92 Å². The minimum absolute atomic E-state index is 0.0664. The van der Waals surface area contributed by atoms with Gasteiger partial charge in [-0.2, -0.15) is 0 Å². The number of aromatic nitrogens is 2. The number of aryl methyl sites for hydroxylation is 2. The third-order valence-corrected chi connectivity index (χ3v) is 3.91. The Labute approximate surface area is 122 Å². The number of aliphatic imine (C=N–C) groups is 1. The highest BCUT2D eigenvalue weighted by atomic mass is 16.6. The first-order valence-electron chi connectivity index (χ1n) is 6.77. The van der Waals surface area contributed by atoms with Crippen molar-refractivity contribution in [3.63, 3.8) is 0 Å². The summed E-state index contributed by atoms with van der Waals surface area (Å²) in [7, 11) is 1.91. The van der Waals surface area contributed by atoms with Crippen LogP contribution in [-0.2, 0) is 7.05 Å². The van der Waals surface area contributed by atoms with E-state index in [0.29, 0.717) is 12.1 Å². The fourth-order valence-electron chi connectivity index (χ4n) is 2.84. The largest absolute Gasteiger partial charge is 0.335 e. The predicted molar refractivity (Wildman–Crippen MR) is 82.7 cm³/mol. The maximum absolute atomic E-state index is 11.1. The van der Waals surface area contributed by atoms with Crippen LogP contribution in [0.1, 0.15) is 24.5 Å². The zero-order chi connectivity index (χ0) is 15.1. The van der Waals surface area contributed by atoms with Crippen molar-refractivity contribution in [1.29, 1.82) is 0 Å². The van der Waals surface area contributed by atoms with Crippen LogP contribution in [0.4, 0.5) is 5.69 Å². The number of allylic oxidation sites excluding steroid dienone is 1. The van der Waals surface area contributed by atoms with E-state index in [4.69, 9.17) is 0 Å². The van der Waals surface area contributed by atoms with Crippen molar-refractivity contribution in [1.82, 2.24) is 9.55 Å². The Morgan fingerprint density at radius 3 is 2.81 bits per heavy atom. The third-order valence-electron chi connectivity index (χ3n) is 3.91. The molecule has 0 bridgehead atoms. The molecule has 1 aliphatic heterocycles. The average Bonchev–Trinajstić information content (AvgIpc) is 2.77. The van der Waals surface area contributed by atoms with Crippen molar-refractivity contribution < 1.29 is 4.92 Å². The van der Waals surface area contributed by atoms with Crippen LogP contribution in [-0.4, -0.2) is 26.7 Å². The Morgan fingerprint density at radius 2 is 2.14 bits per heavy atom. The highest BCUT2D eigenvalue weighted by Crippen LogP contribution is 2.34. The lowest BCUT2D eigenvalue weighted by Gasteiger charge is -2.11. The van der Waals surface area contributed by atoms with Gasteiger partial charge in [0.2, 0.25) is 0 Å². The van der Waals surface area contributed by atoms with Gasteiger partial charge < -0.3 is 4.57 Å². The van der Waals surface area contributed by atoms with E-state index in [1.807, 2.05) is 24.7 Å². The fraction of sp³-hybridized carbons (Fsp3) is 0.333. The van der Waals surface area contributed by atoms with Gasteiger partial charge in [0.15, 0.2) is 0 Å². The molecule has 0 fully saturated rings. The SMILES string of the molecule is CC1=NCC=C(c2cn(C)c3ncc([N+](=O)[O-])c(C)c23)C1. The molecule has 3 heterocycles. The molecule has 1 aliphatic rings. The van der Waals surface area contributed by atoms with Crippen LogP contribution in [0.15, 0.2) is 23.5 Å². The number of pyridine rings is 1. The standard InChI is InChI=1S/C15H16N4O2/c1-9-6-11(4-5-16-9)12-8-18(3)15-14(12)10(2)13(7-17-15)19(20)21/h4,7-8H,5-6H2,1-3H3. The first kappa shape index (κ1) is 13.5. The van der Waals surface area contributed by atoms with Crippen LogP contribution in [0.2, 0.25) is 0 Å². The topological polar surface area (TPSA) is 73.3 Å². The monoisotopic (exact) mass is 284 g/mol. The molecule has 2 aromatic heterocycles. The summed E-state index contributed by atoms with van der Waals surface area (Å²) < 4.78 is 1.92. The molecule has 0 amide bonds. The number of hydrogen-bond donors (Lipinski definition) is 0. The Morgan fingerprint density at radius 1 is 1.38 bits per heavy atom. The van der Waals surface area contributed by atoms with E-state index < -0.39 is 0 Å². The van der Waals surface area contributed by atoms with Crippen LogP contribution in [0, 0.1) is 17.0 Å². The van der Waals surface area contributed by atoms with Crippen LogP contribution in [0.5, 0.6) is 0 Å². The molecule has 0 atom stereocenters. The fourth-order valence-corrected chi connectivity index (χ4v) is 2.84. The van der Waals surface area contributed by atoms with Gasteiger partial charge >= 0.3 is 0 Å². The Kier molecular flexibility index (Phi) is 3.08. The molecule has 3 rings (SSSR count). The minimum atomic E-state index is -0.374. The molecule has 0 radical (unpaired) electrons. The van der Waals surface area contributed by atoms with Gasteiger partial charge in [-0.25, -0.2) is 4.98 Å². The third kappa shape index (κ3) is 2.12. The minimum Gasteiger partial charge on any atom is -0.335 e. The summed E-state index contributed by atoms with van der Waals surface area (Å²) in [5, 5.41) is 12.0. The molecule has 6 heteroatoms. The summed E-state index contributed by atoms with van der Waals surface area (Å²) >= 11 is 0. The number of nitro groups is 1. The molecule has 6 nitrogen and oxygen atoms in total. The van der Waals surface area contributed by atoms with Crippen molar-refractivity contribution in [3.8, 4) is 0 Å². The molecule has 0 saturated carbocycles. The zero-order valence-corrected chi connectivity index (χ0v) is 12.3. The smallest absolute Gasteiger partial charge is 0.291 e. The average molecular weight is 284 g/mol. The van der Waals surface area contributed by atoms with E-state index in [1.165, 1.54) is 11.8 Å². The van der Waals surface area contributed by atoms with Crippen LogP contribution in [0.25, 0.3) is 16.6 Å². The lowest BCUT2D eigenvalue weighted by molar-refractivity contribution is -0.385. The summed E-state index contributed by atoms with van der Waals surface area (Å²) in [6, 6.07) is 0. The first-order valence-corrected chi connectivity index (χ1v) is 6.77. The summed E-state index contributed by atoms with van der Waals surface area (Å²) in [6.07, 6.45) is 6.20. The van der Waals surface area contributed by atoms with Crippen molar-refractivity contribution in [2.75, 3.05) is 6.54 Å². The Bertz CT molecular complexity index is 815. The van der Waals surface area contributed by atoms with E-state index in [0.717, 1.165) is 28.7 Å². The molecule has 0 aliphatic carbocycles. The maximum atomic E-state index is 11.1. The molecular formula is C15H16N4O2. The second-order valence-corrected chi connectivity index (χ2v) is 5.36. The van der Waals surface area contributed by atoms with Crippen molar-refractivity contribution >= 4 is 28.0 Å². The number of nitrogens with zero attached hydrogens (tertiary/aromatic N) is 4. The van der Waals surface area contributed by atoms with Crippen molar-refractivity contribution in [2.24, 2.45) is 12.0 Å². The van der Waals surface area contributed by atoms with Gasteiger partial charge in [0.25, 0.3) is 5.69 Å². The normalized spacial score (nSPS) is 15.0. The molecule has 0 saturated heterocycles. The summed E-state index contributed by atoms with van der Waals surface area (Å²) in [6.45, 7) is 4.46. The molecule has 2 aromatic rings. The molecular weight excluding hydrogens is 268 g/mol. The zero-order valence-electron chi connectivity index (χ0n) is 12.3. The maximum Gasteiger partial charge on any atom is 0.291 e. The Hall–Kier alpha value is -2.50. The molecule has 0 aromatic carbocycles. The second-order valence-electron chi connectivity index (χ2n) is 5.36. The van der Waals surface area contributed by atoms with Gasteiger partial charge in [0.1, 0.15) is 11.8 Å². The van der Waals surface area contributed by atoms with Crippen LogP contribution < -0.4 is 0 Å². The number of fused-ring (bicyclic) bond motifs is 1. The van der Waals surface area contributed by atoms with Gasteiger partial charge in [-0.3, -0.25) is 15.1 Å². The van der Waals surface area contributed by atoms with Gasteiger partial charge in [0.05, 0.1) is 11.5 Å². The molecule has 0 N–H and O–H groups in total. The van der Waals surface area contributed by atoms with E-state index in [9.17, 15) is 10.1 Å². The predicted octanol–water partition coefficient (Wildman–Crippen LogP) is 3.04. The lowest BCUT2D eigenvalue weighted by Crippen LogP contribution is -2.02. The highest BCUT2D eigenvalue weighted by Gasteiger charge is 2.21. The molecule has 0 unspecified atom stereocenters. The molecule has 0 spiro atoms. The van der Waals surface area contributed by atoms with Gasteiger partial charge in [0, 0.05) is 41.9 Å². The number of rotatable bonds is 2. The van der Waals surface area contributed by atoms with E-state index in [-0.39, 0.29) is 10.6 Å². The Balaban J connectivity index is 2.26. The summed E-state index contributed by atoms with van der Waals surface area (Å²) in [5.41, 5.74) is 4.78. The van der Waals surface area contributed by atoms with Crippen LogP contribution in [0.3, 0.4) is 0 Å². The quantitative estimate of drug-likeness (QED) is 0.628. The van der Waals surface area contributed by atoms with Gasteiger partial charge in [-0.15, -0.1) is 0 Å². The summed E-state index contributed by atoms with van der Waals surface area (Å²) in [5.74, 6) is 0. The van der Waals surface area contributed by atoms with E-state index >= 15 is 0 Å². The number of hydrogen-bond acceptors (Lipinski definition) is 4. The van der Waals surface area contributed by atoms with E-state index in [2.05, 4.69) is 16.1 Å². The van der Waals surface area contributed by atoms with Gasteiger partial charge in [-0.1, -0.05) is 6.08 Å². The highest BCUT2D eigenvalue weighted by molar-refractivity contribution is 6.01. The second kappa shape index (κ2) is 4.80. The van der Waals surface area contributed by atoms with Crippen molar-refractivity contribution in [2.45, 2.75) is 20.3 Å². The molecule has 108 valence electrons. The first-order chi connectivity index (χ1) is 9.99.